The summed E-state index contributed by atoms with van der Waals surface area (Å²) in [4.78, 5) is 23.4. The second-order valence-corrected chi connectivity index (χ2v) is 9.25. The van der Waals surface area contributed by atoms with E-state index in [0.29, 0.717) is 0 Å². The van der Waals surface area contributed by atoms with Gasteiger partial charge in [0.2, 0.25) is 4.86 Å². The molecule has 1 saturated heterocycles. The van der Waals surface area contributed by atoms with Crippen molar-refractivity contribution in [1.29, 1.82) is 0 Å². The monoisotopic (exact) mass is 366 g/mol. The normalized spacial score (nSPS) is 22.4. The molecule has 0 aromatic heterocycles. The number of esters is 2. The minimum Gasteiger partial charge on any atom is -0.393 e. The summed E-state index contributed by atoms with van der Waals surface area (Å²) in [5, 5.41) is 0.272. The van der Waals surface area contributed by atoms with Crippen molar-refractivity contribution in [2.75, 3.05) is 0 Å². The van der Waals surface area contributed by atoms with Gasteiger partial charge in [0.15, 0.2) is 0 Å². The fourth-order valence-electron chi connectivity index (χ4n) is 1.96. The Hall–Kier alpha value is 0.105. The zero-order valence-corrected chi connectivity index (χ0v) is 13.5. The smallest absolute Gasteiger partial charge is 0.321 e. The Morgan fingerprint density at radius 1 is 1.65 bits per heavy atom. The van der Waals surface area contributed by atoms with E-state index in [2.05, 4.69) is 41.0 Å². The van der Waals surface area contributed by atoms with Crippen LogP contribution in [0.1, 0.15) is 33.6 Å². The van der Waals surface area contributed by atoms with Crippen LogP contribution in [0.4, 0.5) is 0 Å². The molecule has 3 nitrogen and oxygen atoms in total. The van der Waals surface area contributed by atoms with Crippen LogP contribution in [-0.4, -0.2) is 22.0 Å². The van der Waals surface area contributed by atoms with Crippen molar-refractivity contribution in [2.24, 2.45) is 5.92 Å². The highest BCUT2D eigenvalue weighted by atomic mass is 127. The first-order valence-corrected chi connectivity index (χ1v) is 8.30. The molecule has 0 bridgehead atoms. The number of hydrogen-bond donors (Lipinski definition) is 0. The third-order valence-corrected chi connectivity index (χ3v) is 5.07. The number of hydrogen-bond acceptors (Lipinski definition) is 3. The lowest BCUT2D eigenvalue weighted by molar-refractivity contribution is -0.152. The van der Waals surface area contributed by atoms with E-state index >= 15 is 0 Å². The van der Waals surface area contributed by atoms with Gasteiger partial charge in [0.1, 0.15) is 0 Å². The first-order chi connectivity index (χ1) is 7.84. The molecule has 0 N–H and O–H groups in total. The number of ether oxygens (including phenoxy) is 1. The van der Waals surface area contributed by atoms with Crippen LogP contribution in [0.15, 0.2) is 11.6 Å². The highest BCUT2D eigenvalue weighted by Gasteiger charge is 2.32. The second-order valence-electron chi connectivity index (χ2n) is 4.99. The summed E-state index contributed by atoms with van der Waals surface area (Å²) in [5.74, 6) is -1.16. The Morgan fingerprint density at radius 3 is 2.76 bits per heavy atom. The molecule has 17 heavy (non-hydrogen) atoms. The van der Waals surface area contributed by atoms with Crippen molar-refractivity contribution in [3.05, 3.63) is 11.6 Å². The van der Waals surface area contributed by atoms with Crippen LogP contribution in [0.5, 0.6) is 0 Å². The number of rotatable bonds is 5. The Morgan fingerprint density at radius 2 is 2.29 bits per heavy atom. The van der Waals surface area contributed by atoms with Gasteiger partial charge in [-0.2, -0.15) is 0 Å². The van der Waals surface area contributed by atoms with Crippen LogP contribution in [0.2, 0.25) is 0 Å². The zero-order chi connectivity index (χ0) is 13.1. The van der Waals surface area contributed by atoms with Crippen molar-refractivity contribution in [1.82, 2.24) is 0 Å². The van der Waals surface area contributed by atoms with Gasteiger partial charge in [-0.15, -0.1) is 30.8 Å². The number of halogens is 1. The predicted octanol–water partition coefficient (Wildman–Crippen LogP) is 2.57. The van der Waals surface area contributed by atoms with E-state index < -0.39 is 11.9 Å². The van der Waals surface area contributed by atoms with Crippen LogP contribution >= 0.6 is 30.8 Å². The van der Waals surface area contributed by atoms with Gasteiger partial charge in [-0.25, -0.2) is 0 Å². The third-order valence-electron chi connectivity index (χ3n) is 2.66. The Balaban J connectivity index is 2.60. The summed E-state index contributed by atoms with van der Waals surface area (Å²) < 4.78 is 4.53. The second kappa shape index (κ2) is 6.32. The van der Waals surface area contributed by atoms with Gasteiger partial charge in [-0.3, -0.25) is 9.59 Å². The molecule has 1 aliphatic rings. The van der Waals surface area contributed by atoms with Crippen LogP contribution in [0.3, 0.4) is 0 Å². The van der Waals surface area contributed by atoms with E-state index in [9.17, 15) is 9.59 Å². The standard InChI is InChI=1S/C11H17BIO3P/c1-7(6-11(2,3)17-12-13)4-8-5-9(14)16-10(8)15/h4,8,12,17H,5-6H2,1-3H3/b7-4+. The molecular formula is C11H17BIO3P. The van der Waals surface area contributed by atoms with Gasteiger partial charge in [-0.1, -0.05) is 25.5 Å². The first-order valence-electron chi connectivity index (χ1n) is 5.57. The maximum Gasteiger partial charge on any atom is 0.321 e. The molecular weight excluding hydrogens is 349 g/mol. The van der Waals surface area contributed by atoms with E-state index in [1.807, 2.05) is 13.0 Å². The van der Waals surface area contributed by atoms with Crippen molar-refractivity contribution in [3.8, 4) is 0 Å². The van der Waals surface area contributed by atoms with Crippen molar-refractivity contribution in [3.63, 3.8) is 0 Å². The van der Waals surface area contributed by atoms with E-state index in [4.69, 9.17) is 0 Å². The van der Waals surface area contributed by atoms with Crippen molar-refractivity contribution >= 4 is 47.6 Å². The molecule has 2 unspecified atom stereocenters. The van der Waals surface area contributed by atoms with E-state index in [1.54, 1.807) is 0 Å². The summed E-state index contributed by atoms with van der Waals surface area (Å²) in [6, 6.07) is 0. The lowest BCUT2D eigenvalue weighted by Crippen LogP contribution is -2.14. The molecule has 1 heterocycles. The molecule has 1 rings (SSSR count). The Kier molecular flexibility index (Phi) is 5.64. The number of cyclic esters (lactones) is 2. The molecule has 0 aliphatic carbocycles. The number of allylic oxidation sites excluding steroid dienone is 1. The molecule has 94 valence electrons. The highest BCUT2D eigenvalue weighted by Crippen LogP contribution is 2.37. The van der Waals surface area contributed by atoms with Gasteiger partial charge < -0.3 is 4.74 Å². The summed E-state index contributed by atoms with van der Waals surface area (Å²) in [7, 11) is 0.900. The molecule has 6 heteroatoms. The zero-order valence-electron chi connectivity index (χ0n) is 10.4. The van der Waals surface area contributed by atoms with Crippen LogP contribution in [0, 0.1) is 5.92 Å². The Bertz CT molecular complexity index is 355. The summed E-state index contributed by atoms with van der Waals surface area (Å²) in [6.07, 6.45) is 3.06. The van der Waals surface area contributed by atoms with Gasteiger partial charge in [0, 0.05) is 0 Å². The Labute approximate surface area is 118 Å². The van der Waals surface area contributed by atoms with Crippen LogP contribution < -0.4 is 0 Å². The minimum absolute atomic E-state index is 0.200. The van der Waals surface area contributed by atoms with Crippen molar-refractivity contribution in [2.45, 2.75) is 38.8 Å². The van der Waals surface area contributed by atoms with Crippen LogP contribution in [-0.2, 0) is 14.3 Å². The maximum absolute atomic E-state index is 11.3. The average Bonchev–Trinajstić information content (AvgIpc) is 2.43. The molecule has 1 fully saturated rings. The summed E-state index contributed by atoms with van der Waals surface area (Å²) >= 11 is 2.39. The molecule has 0 aromatic rings. The molecule has 0 saturated carbocycles. The molecule has 0 radical (unpaired) electrons. The topological polar surface area (TPSA) is 43.4 Å². The lowest BCUT2D eigenvalue weighted by Gasteiger charge is -2.24. The summed E-state index contributed by atoms with van der Waals surface area (Å²) in [6.45, 7) is 6.49. The molecule has 0 amide bonds. The van der Waals surface area contributed by atoms with E-state index in [0.717, 1.165) is 19.7 Å². The molecule has 0 spiro atoms. The fraction of sp³-hybridized carbons (Fsp3) is 0.636. The maximum atomic E-state index is 11.3. The molecule has 1 aliphatic heterocycles. The average molecular weight is 366 g/mol. The molecule has 0 aromatic carbocycles. The van der Waals surface area contributed by atoms with Gasteiger partial charge in [0.25, 0.3) is 0 Å². The third kappa shape index (κ3) is 5.08. The fourth-order valence-corrected chi connectivity index (χ4v) is 5.83. The minimum atomic E-state index is -0.405. The van der Waals surface area contributed by atoms with Gasteiger partial charge in [0.05, 0.1) is 12.3 Å². The number of carbonyl (C=O) groups is 2. The van der Waals surface area contributed by atoms with Crippen LogP contribution in [0.25, 0.3) is 0 Å². The van der Waals surface area contributed by atoms with E-state index in [1.165, 1.54) is 5.57 Å². The highest BCUT2D eigenvalue weighted by molar-refractivity contribution is 14.1. The first kappa shape index (κ1) is 15.2. The van der Waals surface area contributed by atoms with E-state index in [-0.39, 0.29) is 17.5 Å². The lowest BCUT2D eigenvalue weighted by atomic mass is 9.98. The number of carbonyl (C=O) groups excluding carboxylic acids is 2. The summed E-state index contributed by atoms with van der Waals surface area (Å²) in [5.41, 5.74) is 1.17. The van der Waals surface area contributed by atoms with Gasteiger partial charge >= 0.3 is 11.9 Å². The molecule has 2 atom stereocenters. The predicted molar refractivity (Wildman–Crippen MR) is 81.1 cm³/mol. The SMILES string of the molecule is C/C(=C\C1CC(=O)OC1=O)CC(C)(C)PBI. The van der Waals surface area contributed by atoms with Gasteiger partial charge in [-0.05, 0) is 18.5 Å². The quantitative estimate of drug-likeness (QED) is 0.188. The van der Waals surface area contributed by atoms with Crippen molar-refractivity contribution < 1.29 is 14.3 Å². The largest absolute Gasteiger partial charge is 0.393 e.